The van der Waals surface area contributed by atoms with Crippen molar-refractivity contribution in [1.82, 2.24) is 4.90 Å². The Balaban J connectivity index is 1.90. The Morgan fingerprint density at radius 3 is 3.00 bits per heavy atom. The molecule has 18 heavy (non-hydrogen) atoms. The van der Waals surface area contributed by atoms with Gasteiger partial charge in [0.05, 0.1) is 19.6 Å². The lowest BCUT2D eigenvalue weighted by Gasteiger charge is -2.32. The number of carbonyl (C=O) groups excluding carboxylic acids is 1. The molecule has 1 aromatic heterocycles. The predicted molar refractivity (Wildman–Crippen MR) is 66.5 cm³/mol. The van der Waals surface area contributed by atoms with Gasteiger partial charge in [-0.25, -0.2) is 0 Å². The number of carbonyl (C=O) groups is 2. The van der Waals surface area contributed by atoms with Crippen LogP contribution in [0.1, 0.15) is 23.8 Å². The average molecular weight is 269 g/mol. The maximum atomic E-state index is 11.8. The fraction of sp³-hybridized carbons (Fsp3) is 0.500. The molecule has 1 unspecified atom stereocenters. The maximum absolute atomic E-state index is 11.8. The summed E-state index contributed by atoms with van der Waals surface area (Å²) in [7, 11) is 0. The molecule has 0 aliphatic carbocycles. The van der Waals surface area contributed by atoms with E-state index in [0.717, 1.165) is 4.88 Å². The molecule has 2 rings (SSSR count). The second kappa shape index (κ2) is 5.97. The molecule has 0 bridgehead atoms. The largest absolute Gasteiger partial charge is 0.481 e. The Kier molecular flexibility index (Phi) is 4.33. The summed E-state index contributed by atoms with van der Waals surface area (Å²) in [6, 6.07) is 3.94. The van der Waals surface area contributed by atoms with Crippen molar-refractivity contribution in [2.45, 2.75) is 18.9 Å². The van der Waals surface area contributed by atoms with Gasteiger partial charge in [0, 0.05) is 17.8 Å². The smallest absolute Gasteiger partial charge is 0.303 e. The quantitative estimate of drug-likeness (QED) is 0.899. The number of thiophene rings is 1. The normalized spacial score (nSPS) is 19.8. The standard InChI is InChI=1S/C12H15NO4S/c14-11(3-4-12(15)16)13-5-6-17-9(8-13)10-2-1-7-18-10/h1-2,7,9H,3-6,8H2,(H,15,16). The van der Waals surface area contributed by atoms with Crippen LogP contribution in [0.2, 0.25) is 0 Å². The Bertz CT molecular complexity index is 418. The molecule has 1 amide bonds. The van der Waals surface area contributed by atoms with E-state index in [1.165, 1.54) is 0 Å². The minimum absolute atomic E-state index is 0.0620. The Hall–Kier alpha value is -1.40. The van der Waals surface area contributed by atoms with E-state index in [0.29, 0.717) is 19.7 Å². The summed E-state index contributed by atoms with van der Waals surface area (Å²) in [5.74, 6) is -1.05. The number of rotatable bonds is 4. The first-order valence-electron chi connectivity index (χ1n) is 5.81. The lowest BCUT2D eigenvalue weighted by molar-refractivity contribution is -0.144. The van der Waals surface area contributed by atoms with E-state index in [-0.39, 0.29) is 24.9 Å². The van der Waals surface area contributed by atoms with E-state index in [9.17, 15) is 9.59 Å². The van der Waals surface area contributed by atoms with Crippen LogP contribution < -0.4 is 0 Å². The van der Waals surface area contributed by atoms with Crippen LogP contribution in [0.15, 0.2) is 17.5 Å². The van der Waals surface area contributed by atoms with Gasteiger partial charge in [-0.15, -0.1) is 11.3 Å². The van der Waals surface area contributed by atoms with E-state index < -0.39 is 5.97 Å². The SMILES string of the molecule is O=C(O)CCC(=O)N1CCOC(c2cccs2)C1. The highest BCUT2D eigenvalue weighted by atomic mass is 32.1. The zero-order valence-electron chi connectivity index (χ0n) is 9.87. The summed E-state index contributed by atoms with van der Waals surface area (Å²) >= 11 is 1.60. The summed E-state index contributed by atoms with van der Waals surface area (Å²) in [6.45, 7) is 1.56. The van der Waals surface area contributed by atoms with E-state index in [1.54, 1.807) is 16.2 Å². The molecule has 1 atom stereocenters. The first-order valence-corrected chi connectivity index (χ1v) is 6.69. The Labute approximate surface area is 109 Å². The first-order chi connectivity index (χ1) is 8.66. The fourth-order valence-corrected chi connectivity index (χ4v) is 2.66. The van der Waals surface area contributed by atoms with Crippen molar-refractivity contribution in [2.24, 2.45) is 0 Å². The average Bonchev–Trinajstić information content (AvgIpc) is 2.90. The molecule has 0 saturated carbocycles. The van der Waals surface area contributed by atoms with E-state index in [2.05, 4.69) is 0 Å². The molecule has 1 aliphatic heterocycles. The van der Waals surface area contributed by atoms with Crippen molar-refractivity contribution in [2.75, 3.05) is 19.7 Å². The number of morpholine rings is 1. The zero-order chi connectivity index (χ0) is 13.0. The third-order valence-corrected chi connectivity index (χ3v) is 3.80. The second-order valence-corrected chi connectivity index (χ2v) is 5.09. The number of ether oxygens (including phenoxy) is 1. The predicted octanol–water partition coefficient (Wildman–Crippen LogP) is 1.51. The van der Waals surface area contributed by atoms with Crippen LogP contribution in [-0.4, -0.2) is 41.6 Å². The van der Waals surface area contributed by atoms with Crippen molar-refractivity contribution < 1.29 is 19.4 Å². The van der Waals surface area contributed by atoms with Crippen LogP contribution in [-0.2, 0) is 14.3 Å². The first kappa shape index (κ1) is 13.0. The number of hydrogen-bond acceptors (Lipinski definition) is 4. The Morgan fingerprint density at radius 2 is 2.33 bits per heavy atom. The van der Waals surface area contributed by atoms with Crippen molar-refractivity contribution in [3.05, 3.63) is 22.4 Å². The highest BCUT2D eigenvalue weighted by Gasteiger charge is 2.25. The minimum atomic E-state index is -0.939. The molecule has 98 valence electrons. The summed E-state index contributed by atoms with van der Waals surface area (Å²) in [4.78, 5) is 25.1. The van der Waals surface area contributed by atoms with Crippen LogP contribution in [0, 0.1) is 0 Å². The van der Waals surface area contributed by atoms with Crippen molar-refractivity contribution >= 4 is 23.2 Å². The van der Waals surface area contributed by atoms with Gasteiger partial charge >= 0.3 is 5.97 Å². The number of carboxylic acids is 1. The third kappa shape index (κ3) is 3.30. The highest BCUT2D eigenvalue weighted by molar-refractivity contribution is 7.10. The molecule has 6 heteroatoms. The molecular weight excluding hydrogens is 254 g/mol. The summed E-state index contributed by atoms with van der Waals surface area (Å²) < 4.78 is 5.63. The summed E-state index contributed by atoms with van der Waals surface area (Å²) in [5, 5.41) is 10.5. The van der Waals surface area contributed by atoms with Crippen LogP contribution in [0.25, 0.3) is 0 Å². The van der Waals surface area contributed by atoms with Gasteiger partial charge in [-0.05, 0) is 11.4 Å². The number of carboxylic acid groups (broad SMARTS) is 1. The molecule has 1 aromatic rings. The Morgan fingerprint density at radius 1 is 1.50 bits per heavy atom. The number of amides is 1. The summed E-state index contributed by atoms with van der Waals surface area (Å²) in [5.41, 5.74) is 0. The van der Waals surface area contributed by atoms with Gasteiger partial charge in [-0.3, -0.25) is 9.59 Å². The highest BCUT2D eigenvalue weighted by Crippen LogP contribution is 2.26. The molecule has 2 heterocycles. The molecule has 5 nitrogen and oxygen atoms in total. The summed E-state index contributed by atoms with van der Waals surface area (Å²) in [6.07, 6.45) is -0.126. The number of nitrogens with zero attached hydrogens (tertiary/aromatic N) is 1. The lowest BCUT2D eigenvalue weighted by atomic mass is 10.2. The second-order valence-electron chi connectivity index (χ2n) is 4.11. The number of hydrogen-bond donors (Lipinski definition) is 1. The van der Waals surface area contributed by atoms with Crippen LogP contribution in [0.4, 0.5) is 0 Å². The molecule has 1 fully saturated rings. The molecule has 0 radical (unpaired) electrons. The minimum Gasteiger partial charge on any atom is -0.481 e. The fourth-order valence-electron chi connectivity index (χ4n) is 1.89. The van der Waals surface area contributed by atoms with Gasteiger partial charge in [0.25, 0.3) is 0 Å². The van der Waals surface area contributed by atoms with Gasteiger partial charge in [-0.1, -0.05) is 6.07 Å². The van der Waals surface area contributed by atoms with E-state index in [1.807, 2.05) is 17.5 Å². The molecule has 0 spiro atoms. The third-order valence-electron chi connectivity index (χ3n) is 2.83. The maximum Gasteiger partial charge on any atom is 0.303 e. The van der Waals surface area contributed by atoms with Gasteiger partial charge in [-0.2, -0.15) is 0 Å². The number of aliphatic carboxylic acids is 1. The molecular formula is C12H15NO4S. The van der Waals surface area contributed by atoms with Gasteiger partial charge in [0.15, 0.2) is 0 Å². The van der Waals surface area contributed by atoms with Gasteiger partial charge < -0.3 is 14.7 Å². The van der Waals surface area contributed by atoms with Crippen molar-refractivity contribution in [1.29, 1.82) is 0 Å². The van der Waals surface area contributed by atoms with Crippen LogP contribution >= 0.6 is 11.3 Å². The molecule has 1 saturated heterocycles. The van der Waals surface area contributed by atoms with Gasteiger partial charge in [0.1, 0.15) is 6.10 Å². The molecule has 1 aliphatic rings. The lowest BCUT2D eigenvalue weighted by Crippen LogP contribution is -2.42. The zero-order valence-corrected chi connectivity index (χ0v) is 10.7. The molecule has 0 aromatic carbocycles. The molecule has 1 N–H and O–H groups in total. The van der Waals surface area contributed by atoms with E-state index >= 15 is 0 Å². The topological polar surface area (TPSA) is 66.8 Å². The van der Waals surface area contributed by atoms with E-state index in [4.69, 9.17) is 9.84 Å². The van der Waals surface area contributed by atoms with Crippen LogP contribution in [0.5, 0.6) is 0 Å². The van der Waals surface area contributed by atoms with Crippen molar-refractivity contribution in [3.8, 4) is 0 Å². The monoisotopic (exact) mass is 269 g/mol. The van der Waals surface area contributed by atoms with Crippen LogP contribution in [0.3, 0.4) is 0 Å². The van der Waals surface area contributed by atoms with Crippen molar-refractivity contribution in [3.63, 3.8) is 0 Å². The van der Waals surface area contributed by atoms with Gasteiger partial charge in [0.2, 0.25) is 5.91 Å².